The first-order valence-corrected chi connectivity index (χ1v) is 10.6. The van der Waals surface area contributed by atoms with Crippen molar-refractivity contribution in [2.75, 3.05) is 6.61 Å². The zero-order valence-electron chi connectivity index (χ0n) is 18.3. The lowest BCUT2D eigenvalue weighted by atomic mass is 9.73. The minimum atomic E-state index is -0.415. The normalized spacial score (nSPS) is 13.7. The maximum atomic E-state index is 12.5. The number of hydrogen-bond donors (Lipinski definition) is 1. The smallest absolute Gasteiger partial charge is 0.328 e. The van der Waals surface area contributed by atoms with Crippen LogP contribution in [-0.2, 0) is 16.1 Å². The van der Waals surface area contributed by atoms with Crippen LogP contribution in [-0.4, -0.2) is 22.1 Å². The molecule has 1 atom stereocenters. The molecule has 6 heteroatoms. The lowest BCUT2D eigenvalue weighted by molar-refractivity contribution is -0.159. The van der Waals surface area contributed by atoms with E-state index in [0.29, 0.717) is 19.1 Å². The van der Waals surface area contributed by atoms with Gasteiger partial charge in [0.15, 0.2) is 0 Å². The molecule has 1 aromatic heterocycles. The summed E-state index contributed by atoms with van der Waals surface area (Å²) in [6.45, 7) is 11.4. The van der Waals surface area contributed by atoms with Crippen molar-refractivity contribution in [2.24, 2.45) is 17.3 Å². The third kappa shape index (κ3) is 7.64. The predicted molar refractivity (Wildman–Crippen MR) is 112 cm³/mol. The van der Waals surface area contributed by atoms with Gasteiger partial charge in [0.1, 0.15) is 0 Å². The molecule has 1 N–H and O–H groups in total. The monoisotopic (exact) mass is 394 g/mol. The molecule has 1 aromatic rings. The van der Waals surface area contributed by atoms with Crippen LogP contribution in [0.15, 0.2) is 21.9 Å². The first kappa shape index (κ1) is 24.2. The number of nitrogens with zero attached hydrogens (tertiary/aromatic N) is 1. The molecule has 1 heterocycles. The molecule has 0 aliphatic rings. The highest BCUT2D eigenvalue weighted by Crippen LogP contribution is 2.35. The Balaban J connectivity index is 2.18. The third-order valence-electron chi connectivity index (χ3n) is 5.53. The number of H-pyrrole nitrogens is 1. The van der Waals surface area contributed by atoms with Crippen LogP contribution in [0.3, 0.4) is 0 Å². The molecule has 0 spiro atoms. The highest BCUT2D eigenvalue weighted by Gasteiger charge is 2.38. The summed E-state index contributed by atoms with van der Waals surface area (Å²) >= 11 is 0. The van der Waals surface area contributed by atoms with Crippen LogP contribution in [0.5, 0.6) is 0 Å². The van der Waals surface area contributed by atoms with Gasteiger partial charge in [-0.3, -0.25) is 14.2 Å². The van der Waals surface area contributed by atoms with E-state index in [1.165, 1.54) is 16.8 Å². The summed E-state index contributed by atoms with van der Waals surface area (Å²) in [6, 6.07) is 1.37. The van der Waals surface area contributed by atoms with E-state index in [1.807, 2.05) is 6.92 Å². The van der Waals surface area contributed by atoms with Crippen LogP contribution < -0.4 is 11.2 Å². The number of esters is 1. The van der Waals surface area contributed by atoms with Gasteiger partial charge in [-0.15, -0.1) is 0 Å². The molecule has 6 nitrogen and oxygen atoms in total. The van der Waals surface area contributed by atoms with Crippen molar-refractivity contribution in [3.05, 3.63) is 33.1 Å². The van der Waals surface area contributed by atoms with Gasteiger partial charge in [-0.1, -0.05) is 53.4 Å². The van der Waals surface area contributed by atoms with E-state index in [4.69, 9.17) is 4.74 Å². The van der Waals surface area contributed by atoms with Gasteiger partial charge >= 0.3 is 11.7 Å². The summed E-state index contributed by atoms with van der Waals surface area (Å²) < 4.78 is 6.80. The summed E-state index contributed by atoms with van der Waals surface area (Å²) in [7, 11) is 0. The summed E-state index contributed by atoms with van der Waals surface area (Å²) in [5.74, 6) is 0.642. The minimum Gasteiger partial charge on any atom is -0.465 e. The second-order valence-electron chi connectivity index (χ2n) is 8.70. The molecule has 0 aliphatic carbocycles. The first-order chi connectivity index (χ1) is 13.2. The molecule has 0 amide bonds. The third-order valence-corrected chi connectivity index (χ3v) is 5.53. The number of aromatic amines is 1. The van der Waals surface area contributed by atoms with Crippen LogP contribution >= 0.6 is 0 Å². The zero-order valence-corrected chi connectivity index (χ0v) is 18.3. The zero-order chi connectivity index (χ0) is 21.2. The van der Waals surface area contributed by atoms with Crippen LogP contribution in [0, 0.1) is 17.3 Å². The van der Waals surface area contributed by atoms with Gasteiger partial charge in [0.25, 0.3) is 5.56 Å². The van der Waals surface area contributed by atoms with Crippen LogP contribution in [0.4, 0.5) is 0 Å². The maximum absolute atomic E-state index is 12.5. The van der Waals surface area contributed by atoms with Gasteiger partial charge in [0.2, 0.25) is 0 Å². The molecule has 0 aliphatic heterocycles. The Morgan fingerprint density at radius 2 is 1.68 bits per heavy atom. The van der Waals surface area contributed by atoms with Crippen molar-refractivity contribution in [3.8, 4) is 0 Å². The summed E-state index contributed by atoms with van der Waals surface area (Å²) in [4.78, 5) is 38.2. The number of carbonyl (C=O) groups is 1. The van der Waals surface area contributed by atoms with E-state index in [1.54, 1.807) is 0 Å². The number of ether oxygens (including phenoxy) is 1. The van der Waals surface area contributed by atoms with Gasteiger partial charge in [-0.2, -0.15) is 0 Å². The van der Waals surface area contributed by atoms with Gasteiger partial charge in [0.05, 0.1) is 12.0 Å². The SMILES string of the molecule is CC(C)CC(C)(C(=O)OCCCCCCCCn1c(=O)cc[nH]c1=O)C(C)C. The molecule has 160 valence electrons. The molecule has 0 saturated carbocycles. The average molecular weight is 395 g/mol. The van der Waals surface area contributed by atoms with E-state index in [-0.39, 0.29) is 23.1 Å². The highest BCUT2D eigenvalue weighted by atomic mass is 16.5. The number of carbonyl (C=O) groups excluding carboxylic acids is 1. The molecular formula is C22H38N2O4. The quantitative estimate of drug-likeness (QED) is 0.403. The van der Waals surface area contributed by atoms with Gasteiger partial charge in [0, 0.05) is 18.8 Å². The Hall–Kier alpha value is -1.85. The van der Waals surface area contributed by atoms with Crippen molar-refractivity contribution in [2.45, 2.75) is 86.1 Å². The van der Waals surface area contributed by atoms with Crippen molar-refractivity contribution < 1.29 is 9.53 Å². The van der Waals surface area contributed by atoms with E-state index in [0.717, 1.165) is 44.9 Å². The minimum absolute atomic E-state index is 0.0743. The number of unbranched alkanes of at least 4 members (excludes halogenated alkanes) is 5. The standard InChI is InChI=1S/C22H38N2O4/c1-17(2)16-22(5,18(3)4)20(26)28-15-11-9-7-6-8-10-14-24-19(25)12-13-23-21(24)27/h12-13,17-18H,6-11,14-16H2,1-5H3,(H,23,27). The lowest BCUT2D eigenvalue weighted by Crippen LogP contribution is -2.36. The summed E-state index contributed by atoms with van der Waals surface area (Å²) in [6.07, 6.45) is 8.00. The number of aromatic nitrogens is 2. The van der Waals surface area contributed by atoms with Crippen LogP contribution in [0.25, 0.3) is 0 Å². The molecule has 1 rings (SSSR count). The first-order valence-electron chi connectivity index (χ1n) is 10.6. The summed E-state index contributed by atoms with van der Waals surface area (Å²) in [5, 5.41) is 0. The summed E-state index contributed by atoms with van der Waals surface area (Å²) in [5.41, 5.74) is -1.02. The topological polar surface area (TPSA) is 81.2 Å². The lowest BCUT2D eigenvalue weighted by Gasteiger charge is -2.32. The molecule has 0 radical (unpaired) electrons. The van der Waals surface area contributed by atoms with Crippen molar-refractivity contribution in [1.82, 2.24) is 9.55 Å². The highest BCUT2D eigenvalue weighted by molar-refractivity contribution is 5.76. The van der Waals surface area contributed by atoms with E-state index >= 15 is 0 Å². The maximum Gasteiger partial charge on any atom is 0.328 e. The Kier molecular flexibility index (Phi) is 10.3. The van der Waals surface area contributed by atoms with Gasteiger partial charge < -0.3 is 9.72 Å². The second-order valence-corrected chi connectivity index (χ2v) is 8.70. The second kappa shape index (κ2) is 11.9. The van der Waals surface area contributed by atoms with E-state index in [9.17, 15) is 14.4 Å². The van der Waals surface area contributed by atoms with Crippen LogP contribution in [0.2, 0.25) is 0 Å². The number of hydrogen-bond acceptors (Lipinski definition) is 4. The largest absolute Gasteiger partial charge is 0.465 e. The predicted octanol–water partition coefficient (Wildman–Crippen LogP) is 4.13. The average Bonchev–Trinajstić information content (AvgIpc) is 2.61. The fraction of sp³-hybridized carbons (Fsp3) is 0.773. The van der Waals surface area contributed by atoms with Crippen LogP contribution in [0.1, 0.15) is 79.6 Å². The molecule has 0 aromatic carbocycles. The van der Waals surface area contributed by atoms with E-state index in [2.05, 4.69) is 32.7 Å². The Labute approximate surface area is 168 Å². The molecular weight excluding hydrogens is 356 g/mol. The van der Waals surface area contributed by atoms with Crippen molar-refractivity contribution in [3.63, 3.8) is 0 Å². The molecule has 1 unspecified atom stereocenters. The fourth-order valence-electron chi connectivity index (χ4n) is 3.48. The van der Waals surface area contributed by atoms with Gasteiger partial charge in [-0.25, -0.2) is 4.79 Å². The molecule has 28 heavy (non-hydrogen) atoms. The molecule has 0 saturated heterocycles. The van der Waals surface area contributed by atoms with E-state index < -0.39 is 5.41 Å². The Morgan fingerprint density at radius 3 is 2.25 bits per heavy atom. The van der Waals surface area contributed by atoms with Gasteiger partial charge in [-0.05, 0) is 38.0 Å². The van der Waals surface area contributed by atoms with Crippen molar-refractivity contribution >= 4 is 5.97 Å². The fourth-order valence-corrected chi connectivity index (χ4v) is 3.48. The molecule has 0 bridgehead atoms. The van der Waals surface area contributed by atoms with Crippen molar-refractivity contribution in [1.29, 1.82) is 0 Å². The molecule has 0 fully saturated rings. The Bertz CT molecular complexity index is 677. The number of nitrogens with one attached hydrogen (secondary N) is 1. The number of rotatable bonds is 13. The Morgan fingerprint density at radius 1 is 1.07 bits per heavy atom.